The van der Waals surface area contributed by atoms with Crippen LogP contribution in [0, 0.1) is 0 Å². The van der Waals surface area contributed by atoms with Gasteiger partial charge in [-0.1, -0.05) is 131 Å². The van der Waals surface area contributed by atoms with Gasteiger partial charge in [-0.3, -0.25) is 18.6 Å². The lowest BCUT2D eigenvalue weighted by molar-refractivity contribution is -0.154. The minimum absolute atomic E-state index is 0.0187. The first-order valence-electron chi connectivity index (χ1n) is 19.6. The summed E-state index contributed by atoms with van der Waals surface area (Å²) in [5.41, 5.74) is 5.34. The first kappa shape index (κ1) is 50.1. The number of carbonyl (C=O) groups is 2. The topological polar surface area (TPSA) is 155 Å². The molecule has 53 heavy (non-hydrogen) atoms. The normalized spacial score (nSPS) is 14.9. The van der Waals surface area contributed by atoms with E-state index in [9.17, 15) is 19.0 Å². The fraction of sp³-hybridized carbons (Fsp3) is 0.619. The minimum Gasteiger partial charge on any atom is -0.480 e. The third-order valence-electron chi connectivity index (χ3n) is 7.64. The van der Waals surface area contributed by atoms with Crippen LogP contribution in [-0.2, 0) is 32.7 Å². The Morgan fingerprint density at radius 1 is 0.623 bits per heavy atom. The molecule has 0 rings (SSSR count). The number of unbranched alkanes of at least 4 members (excludes halogenated alkanes) is 8. The highest BCUT2D eigenvalue weighted by molar-refractivity contribution is 7.47. The van der Waals surface area contributed by atoms with Gasteiger partial charge in [0.15, 0.2) is 0 Å². The number of hydrogen-bond acceptors (Lipinski definition) is 8. The van der Waals surface area contributed by atoms with E-state index in [1.165, 1.54) is 19.3 Å². The van der Waals surface area contributed by atoms with Gasteiger partial charge < -0.3 is 25.2 Å². The standard InChI is InChI=1S/C42H70NO9P/c1-3-5-7-9-11-13-15-17-19-20-21-22-24-26-28-30-32-34-41(44)52-39(37-50-53(47,48)51-38-40(43)42(45)46)36-49-35-33-31-29-27-25-23-18-16-14-12-10-8-6-4-2/h5,7-8,10-11,13-14,16-17,19,21-22,26,28,39-40H,3-4,6,9,12,15,18,20,23-25,27,29-38,43H2,1-2H3,(H,45,46)(H,47,48)/b7-5-,10-8-,13-11-,16-14-,19-17-,22-21-,28-26-. The van der Waals surface area contributed by atoms with Gasteiger partial charge in [-0.25, -0.2) is 4.57 Å². The summed E-state index contributed by atoms with van der Waals surface area (Å²) in [4.78, 5) is 33.4. The third-order valence-corrected chi connectivity index (χ3v) is 8.59. The second kappa shape index (κ2) is 37.5. The number of carboxylic acid groups (broad SMARTS) is 1. The fourth-order valence-electron chi connectivity index (χ4n) is 4.62. The zero-order valence-corrected chi connectivity index (χ0v) is 33.5. The van der Waals surface area contributed by atoms with E-state index >= 15 is 0 Å². The van der Waals surface area contributed by atoms with Crippen LogP contribution in [-0.4, -0.2) is 60.5 Å². The van der Waals surface area contributed by atoms with Gasteiger partial charge in [-0.15, -0.1) is 0 Å². The van der Waals surface area contributed by atoms with Crippen LogP contribution in [0.1, 0.15) is 129 Å². The van der Waals surface area contributed by atoms with E-state index in [0.29, 0.717) is 19.4 Å². The van der Waals surface area contributed by atoms with Crippen molar-refractivity contribution in [3.8, 4) is 0 Å². The molecular weight excluding hydrogens is 693 g/mol. The molecule has 3 unspecified atom stereocenters. The first-order valence-corrected chi connectivity index (χ1v) is 21.1. The van der Waals surface area contributed by atoms with Gasteiger partial charge >= 0.3 is 19.8 Å². The van der Waals surface area contributed by atoms with Crippen LogP contribution in [0.5, 0.6) is 0 Å². The summed E-state index contributed by atoms with van der Waals surface area (Å²) in [6.07, 6.45) is 46.4. The predicted molar refractivity (Wildman–Crippen MR) is 216 cm³/mol. The van der Waals surface area contributed by atoms with Gasteiger partial charge in [-0.05, 0) is 77.0 Å². The smallest absolute Gasteiger partial charge is 0.472 e. The third kappa shape index (κ3) is 37.3. The van der Waals surface area contributed by atoms with E-state index in [1.807, 2.05) is 6.08 Å². The maximum atomic E-state index is 12.6. The quantitative estimate of drug-likeness (QED) is 0.0243. The molecular formula is C42H70NO9P. The first-order chi connectivity index (χ1) is 25.7. The summed E-state index contributed by atoms with van der Waals surface area (Å²) in [5.74, 6) is -1.85. The molecule has 0 spiro atoms. The van der Waals surface area contributed by atoms with Gasteiger partial charge in [0.25, 0.3) is 0 Å². The van der Waals surface area contributed by atoms with Crippen LogP contribution < -0.4 is 5.73 Å². The highest BCUT2D eigenvalue weighted by Crippen LogP contribution is 2.43. The number of nitrogens with two attached hydrogens (primary N) is 1. The maximum absolute atomic E-state index is 12.6. The van der Waals surface area contributed by atoms with Gasteiger partial charge in [0.1, 0.15) is 12.1 Å². The summed E-state index contributed by atoms with van der Waals surface area (Å²) in [6, 6.07) is -1.49. The van der Waals surface area contributed by atoms with E-state index < -0.39 is 45.1 Å². The number of aliphatic carboxylic acids is 1. The van der Waals surface area contributed by atoms with Crippen molar-refractivity contribution in [3.05, 3.63) is 85.1 Å². The Kier molecular flexibility index (Phi) is 35.5. The van der Waals surface area contributed by atoms with Gasteiger partial charge in [-0.2, -0.15) is 0 Å². The van der Waals surface area contributed by atoms with Crippen LogP contribution in [0.3, 0.4) is 0 Å². The summed E-state index contributed by atoms with van der Waals surface area (Å²) in [6.45, 7) is 3.57. The molecule has 0 saturated heterocycles. The number of rotatable bonds is 36. The second-order valence-corrected chi connectivity index (χ2v) is 14.1. The Bertz CT molecular complexity index is 1160. The summed E-state index contributed by atoms with van der Waals surface area (Å²) in [7, 11) is -4.64. The van der Waals surface area contributed by atoms with E-state index in [1.54, 1.807) is 0 Å². The molecule has 302 valence electrons. The molecule has 0 amide bonds. The average molecular weight is 764 g/mol. The van der Waals surface area contributed by atoms with Crippen molar-refractivity contribution in [2.45, 2.75) is 142 Å². The Morgan fingerprint density at radius 3 is 1.64 bits per heavy atom. The molecule has 4 N–H and O–H groups in total. The molecule has 0 radical (unpaired) electrons. The summed E-state index contributed by atoms with van der Waals surface area (Å²) < 4.78 is 33.2. The number of phosphoric acid groups is 1. The highest BCUT2D eigenvalue weighted by atomic mass is 31.2. The number of hydrogen-bond donors (Lipinski definition) is 3. The van der Waals surface area contributed by atoms with Crippen LogP contribution in [0.15, 0.2) is 85.1 Å². The van der Waals surface area contributed by atoms with E-state index in [2.05, 4.69) is 97.4 Å². The lowest BCUT2D eigenvalue weighted by Crippen LogP contribution is -2.34. The number of carboxylic acids is 1. The Balaban J connectivity index is 4.44. The molecule has 0 aliphatic rings. The molecule has 0 heterocycles. The predicted octanol–water partition coefficient (Wildman–Crippen LogP) is 10.4. The highest BCUT2D eigenvalue weighted by Gasteiger charge is 2.27. The molecule has 0 aromatic carbocycles. The molecule has 0 fully saturated rings. The van der Waals surface area contributed by atoms with Gasteiger partial charge in [0.05, 0.1) is 19.8 Å². The van der Waals surface area contributed by atoms with Crippen LogP contribution in [0.4, 0.5) is 0 Å². The number of allylic oxidation sites excluding steroid dienone is 14. The van der Waals surface area contributed by atoms with E-state index in [-0.39, 0.29) is 13.0 Å². The monoisotopic (exact) mass is 763 g/mol. The van der Waals surface area contributed by atoms with Gasteiger partial charge in [0.2, 0.25) is 0 Å². The van der Waals surface area contributed by atoms with Crippen LogP contribution in [0.2, 0.25) is 0 Å². The molecule has 11 heteroatoms. The van der Waals surface area contributed by atoms with Crippen molar-refractivity contribution in [1.82, 2.24) is 0 Å². The summed E-state index contributed by atoms with van der Waals surface area (Å²) >= 11 is 0. The molecule has 0 bridgehead atoms. The minimum atomic E-state index is -4.64. The maximum Gasteiger partial charge on any atom is 0.472 e. The fourth-order valence-corrected chi connectivity index (χ4v) is 5.39. The lowest BCUT2D eigenvalue weighted by atomic mass is 10.1. The van der Waals surface area contributed by atoms with Crippen LogP contribution >= 0.6 is 7.82 Å². The molecule has 0 saturated carbocycles. The Morgan fingerprint density at radius 2 is 1.09 bits per heavy atom. The van der Waals surface area contributed by atoms with Crippen molar-refractivity contribution in [1.29, 1.82) is 0 Å². The second-order valence-electron chi connectivity index (χ2n) is 12.7. The molecule has 0 aliphatic carbocycles. The molecule has 0 aromatic rings. The van der Waals surface area contributed by atoms with Gasteiger partial charge in [0, 0.05) is 13.0 Å². The zero-order valence-electron chi connectivity index (χ0n) is 32.6. The number of esters is 1. The van der Waals surface area contributed by atoms with Crippen molar-refractivity contribution in [2.24, 2.45) is 5.73 Å². The SMILES string of the molecule is CC/C=C\C/C=C\C/C=C\C/C=C\C/C=C\CCCC(=O)OC(COCCCCCCCC/C=C\C/C=C\CCC)COP(=O)(O)OCC(N)C(=O)O. The van der Waals surface area contributed by atoms with Crippen molar-refractivity contribution >= 4 is 19.8 Å². The number of ether oxygens (including phenoxy) is 2. The van der Waals surface area contributed by atoms with Crippen LogP contribution in [0.25, 0.3) is 0 Å². The summed E-state index contributed by atoms with van der Waals surface area (Å²) in [5, 5.41) is 8.87. The average Bonchev–Trinajstić information content (AvgIpc) is 3.13. The lowest BCUT2D eigenvalue weighted by Gasteiger charge is -2.20. The largest absolute Gasteiger partial charge is 0.480 e. The Labute approximate surface area is 320 Å². The zero-order chi connectivity index (χ0) is 39.1. The number of carbonyl (C=O) groups excluding carboxylic acids is 1. The Hall–Kier alpha value is -2.85. The molecule has 10 nitrogen and oxygen atoms in total. The van der Waals surface area contributed by atoms with Crippen molar-refractivity contribution < 1.29 is 42.7 Å². The number of phosphoric ester groups is 1. The van der Waals surface area contributed by atoms with E-state index in [0.717, 1.165) is 77.0 Å². The molecule has 0 aromatic heterocycles. The van der Waals surface area contributed by atoms with Crippen molar-refractivity contribution in [2.75, 3.05) is 26.4 Å². The van der Waals surface area contributed by atoms with Crippen molar-refractivity contribution in [3.63, 3.8) is 0 Å². The van der Waals surface area contributed by atoms with E-state index in [4.69, 9.17) is 24.8 Å². The molecule has 3 atom stereocenters. The molecule has 0 aliphatic heterocycles.